The number of imidazole rings is 1. The number of aliphatic hydroxyl groups excluding tert-OH is 1. The fraction of sp³-hybridized carbons (Fsp3) is 0.467. The SMILES string of the molecule is CC(O)CC(C)(C)CNC(=O)c1ccn2cncc2c1. The van der Waals surface area contributed by atoms with Crippen LogP contribution < -0.4 is 5.32 Å². The molecule has 0 saturated carbocycles. The molecule has 2 rings (SSSR count). The quantitative estimate of drug-likeness (QED) is 0.875. The van der Waals surface area contributed by atoms with Crippen molar-refractivity contribution in [3.8, 4) is 0 Å². The summed E-state index contributed by atoms with van der Waals surface area (Å²) < 4.78 is 1.86. The molecule has 0 bridgehead atoms. The number of hydrogen-bond acceptors (Lipinski definition) is 3. The Morgan fingerprint density at radius 2 is 2.30 bits per heavy atom. The van der Waals surface area contributed by atoms with Gasteiger partial charge < -0.3 is 14.8 Å². The lowest BCUT2D eigenvalue weighted by Crippen LogP contribution is -2.35. The first kappa shape index (κ1) is 14.5. The van der Waals surface area contributed by atoms with Gasteiger partial charge >= 0.3 is 0 Å². The summed E-state index contributed by atoms with van der Waals surface area (Å²) in [6.45, 7) is 6.35. The second-order valence-corrected chi connectivity index (χ2v) is 6.04. The maximum Gasteiger partial charge on any atom is 0.251 e. The fourth-order valence-electron chi connectivity index (χ4n) is 2.35. The first-order valence-corrected chi connectivity index (χ1v) is 6.75. The van der Waals surface area contributed by atoms with Crippen molar-refractivity contribution in [1.82, 2.24) is 14.7 Å². The second kappa shape index (κ2) is 5.63. The topological polar surface area (TPSA) is 66.6 Å². The number of amides is 1. The summed E-state index contributed by atoms with van der Waals surface area (Å²) in [7, 11) is 0. The van der Waals surface area contributed by atoms with Gasteiger partial charge in [0.05, 0.1) is 24.1 Å². The van der Waals surface area contributed by atoms with Gasteiger partial charge in [-0.15, -0.1) is 0 Å². The Hall–Kier alpha value is -1.88. The maximum absolute atomic E-state index is 12.1. The highest BCUT2D eigenvalue weighted by molar-refractivity contribution is 5.95. The Kier molecular flexibility index (Phi) is 4.09. The number of fused-ring (bicyclic) bond motifs is 1. The van der Waals surface area contributed by atoms with E-state index in [0.717, 1.165) is 5.52 Å². The van der Waals surface area contributed by atoms with E-state index in [4.69, 9.17) is 0 Å². The molecule has 1 amide bonds. The lowest BCUT2D eigenvalue weighted by atomic mass is 9.87. The fourth-order valence-corrected chi connectivity index (χ4v) is 2.35. The Labute approximate surface area is 118 Å². The summed E-state index contributed by atoms with van der Waals surface area (Å²) in [4.78, 5) is 16.2. The van der Waals surface area contributed by atoms with Crippen LogP contribution in [-0.4, -0.2) is 33.0 Å². The van der Waals surface area contributed by atoms with E-state index in [2.05, 4.69) is 10.3 Å². The smallest absolute Gasteiger partial charge is 0.251 e. The lowest BCUT2D eigenvalue weighted by molar-refractivity contribution is 0.0902. The van der Waals surface area contributed by atoms with Gasteiger partial charge in [0.1, 0.15) is 0 Å². The summed E-state index contributed by atoms with van der Waals surface area (Å²) >= 11 is 0. The first-order valence-electron chi connectivity index (χ1n) is 6.75. The van der Waals surface area contributed by atoms with Crippen LogP contribution in [0.15, 0.2) is 30.9 Å². The molecule has 2 heterocycles. The monoisotopic (exact) mass is 275 g/mol. The highest BCUT2D eigenvalue weighted by atomic mass is 16.3. The summed E-state index contributed by atoms with van der Waals surface area (Å²) in [5.41, 5.74) is 1.37. The molecule has 5 heteroatoms. The van der Waals surface area contributed by atoms with E-state index < -0.39 is 0 Å². The number of nitrogens with zero attached hydrogens (tertiary/aromatic N) is 2. The molecule has 0 aliphatic heterocycles. The molecule has 2 aromatic rings. The van der Waals surface area contributed by atoms with Crippen LogP contribution >= 0.6 is 0 Å². The predicted molar refractivity (Wildman–Crippen MR) is 77.6 cm³/mol. The molecule has 0 aliphatic carbocycles. The number of carbonyl (C=O) groups is 1. The minimum atomic E-state index is -0.370. The molecule has 5 nitrogen and oxygen atoms in total. The predicted octanol–water partition coefficient (Wildman–Crippen LogP) is 1.86. The minimum Gasteiger partial charge on any atom is -0.393 e. The zero-order valence-electron chi connectivity index (χ0n) is 12.1. The molecule has 0 radical (unpaired) electrons. The van der Waals surface area contributed by atoms with Gasteiger partial charge in [-0.1, -0.05) is 13.8 Å². The van der Waals surface area contributed by atoms with Crippen molar-refractivity contribution >= 4 is 11.4 Å². The average molecular weight is 275 g/mol. The number of hydrogen-bond donors (Lipinski definition) is 2. The molecule has 0 aliphatic rings. The molecule has 0 spiro atoms. The van der Waals surface area contributed by atoms with Gasteiger partial charge in [0, 0.05) is 18.3 Å². The van der Waals surface area contributed by atoms with Gasteiger partial charge in [-0.25, -0.2) is 4.98 Å². The van der Waals surface area contributed by atoms with Crippen LogP contribution in [0.4, 0.5) is 0 Å². The average Bonchev–Trinajstić information content (AvgIpc) is 2.81. The standard InChI is InChI=1S/C15H21N3O2/c1-11(19)7-15(2,3)9-17-14(20)12-4-5-18-10-16-8-13(18)6-12/h4-6,8,10-11,19H,7,9H2,1-3H3,(H,17,20). The van der Waals surface area contributed by atoms with E-state index in [1.807, 2.05) is 30.5 Å². The largest absolute Gasteiger partial charge is 0.393 e. The molecule has 0 saturated heterocycles. The van der Waals surface area contributed by atoms with Gasteiger partial charge in [0.15, 0.2) is 0 Å². The molecule has 1 atom stereocenters. The minimum absolute atomic E-state index is 0.104. The van der Waals surface area contributed by atoms with Crippen molar-refractivity contribution in [2.75, 3.05) is 6.54 Å². The van der Waals surface area contributed by atoms with E-state index in [9.17, 15) is 9.90 Å². The summed E-state index contributed by atoms with van der Waals surface area (Å²) in [6.07, 6.45) is 5.51. The molecule has 2 N–H and O–H groups in total. The highest BCUT2D eigenvalue weighted by Gasteiger charge is 2.21. The van der Waals surface area contributed by atoms with Crippen LogP contribution in [0.25, 0.3) is 5.52 Å². The van der Waals surface area contributed by atoms with E-state index in [-0.39, 0.29) is 17.4 Å². The van der Waals surface area contributed by atoms with Crippen molar-refractivity contribution in [3.63, 3.8) is 0 Å². The molecule has 2 aromatic heterocycles. The van der Waals surface area contributed by atoms with Crippen LogP contribution in [0.5, 0.6) is 0 Å². The van der Waals surface area contributed by atoms with Crippen LogP contribution in [0.3, 0.4) is 0 Å². The molecule has 20 heavy (non-hydrogen) atoms. The van der Waals surface area contributed by atoms with E-state index in [1.54, 1.807) is 25.5 Å². The lowest BCUT2D eigenvalue weighted by Gasteiger charge is -2.26. The summed E-state index contributed by atoms with van der Waals surface area (Å²) in [6, 6.07) is 3.58. The zero-order valence-corrected chi connectivity index (χ0v) is 12.1. The van der Waals surface area contributed by atoms with Crippen LogP contribution in [0.2, 0.25) is 0 Å². The Bertz CT molecular complexity index is 602. The van der Waals surface area contributed by atoms with Gasteiger partial charge in [-0.2, -0.15) is 0 Å². The van der Waals surface area contributed by atoms with Crippen LogP contribution in [0.1, 0.15) is 37.6 Å². The number of pyridine rings is 1. The number of rotatable bonds is 5. The van der Waals surface area contributed by atoms with E-state index >= 15 is 0 Å². The van der Waals surface area contributed by atoms with Crippen LogP contribution in [0, 0.1) is 5.41 Å². The van der Waals surface area contributed by atoms with Gasteiger partial charge in [-0.05, 0) is 30.9 Å². The van der Waals surface area contributed by atoms with Crippen molar-refractivity contribution < 1.29 is 9.90 Å². The molecule has 1 unspecified atom stereocenters. The number of carbonyl (C=O) groups excluding carboxylic acids is 1. The Balaban J connectivity index is 2.01. The highest BCUT2D eigenvalue weighted by Crippen LogP contribution is 2.21. The molecule has 0 aromatic carbocycles. The molecule has 0 fully saturated rings. The van der Waals surface area contributed by atoms with Gasteiger partial charge in [-0.3, -0.25) is 4.79 Å². The normalized spacial score (nSPS) is 13.4. The maximum atomic E-state index is 12.1. The second-order valence-electron chi connectivity index (χ2n) is 6.04. The number of aromatic nitrogens is 2. The molecule has 108 valence electrons. The zero-order chi connectivity index (χ0) is 14.8. The van der Waals surface area contributed by atoms with Crippen molar-refractivity contribution in [1.29, 1.82) is 0 Å². The van der Waals surface area contributed by atoms with E-state index in [0.29, 0.717) is 18.5 Å². The summed E-state index contributed by atoms with van der Waals surface area (Å²) in [5, 5.41) is 12.4. The third kappa shape index (κ3) is 3.57. The van der Waals surface area contributed by atoms with E-state index in [1.165, 1.54) is 0 Å². The number of aliphatic hydroxyl groups is 1. The summed E-state index contributed by atoms with van der Waals surface area (Å²) in [5.74, 6) is -0.104. The third-order valence-electron chi connectivity index (χ3n) is 3.25. The third-order valence-corrected chi connectivity index (χ3v) is 3.25. The molecular weight excluding hydrogens is 254 g/mol. The Morgan fingerprint density at radius 1 is 1.55 bits per heavy atom. The van der Waals surface area contributed by atoms with Crippen molar-refractivity contribution in [2.24, 2.45) is 5.41 Å². The van der Waals surface area contributed by atoms with Crippen molar-refractivity contribution in [2.45, 2.75) is 33.3 Å². The number of nitrogens with one attached hydrogen (secondary N) is 1. The molecular formula is C15H21N3O2. The van der Waals surface area contributed by atoms with Crippen LogP contribution in [-0.2, 0) is 0 Å². The van der Waals surface area contributed by atoms with Crippen molar-refractivity contribution in [3.05, 3.63) is 36.4 Å². The van der Waals surface area contributed by atoms with Gasteiger partial charge in [0.2, 0.25) is 0 Å². The Morgan fingerprint density at radius 3 is 3.00 bits per heavy atom. The van der Waals surface area contributed by atoms with Gasteiger partial charge in [0.25, 0.3) is 5.91 Å². The first-order chi connectivity index (χ1) is 9.37.